The van der Waals surface area contributed by atoms with E-state index in [0.29, 0.717) is 17.4 Å². The number of hydrogen-bond donors (Lipinski definition) is 1. The Kier molecular flexibility index (Phi) is 7.41. The number of hydrogen-bond acceptors (Lipinski definition) is 4. The summed E-state index contributed by atoms with van der Waals surface area (Å²) in [6.07, 6.45) is -0.837. The number of H-pyrrole nitrogens is 1. The third kappa shape index (κ3) is 5.88. The Balaban J connectivity index is 1.60. The number of carbonyl (C=O) groups is 1. The lowest BCUT2D eigenvalue weighted by atomic mass is 10.0. The molecular formula is C25H29F3N4O2. The molecule has 1 fully saturated rings. The normalized spacial score (nSPS) is 15.5. The largest absolute Gasteiger partial charge is 0.573 e. The van der Waals surface area contributed by atoms with Gasteiger partial charge < -0.3 is 14.5 Å². The summed E-state index contributed by atoms with van der Waals surface area (Å²) >= 11 is 0. The first-order chi connectivity index (χ1) is 16.3. The second kappa shape index (κ2) is 10.5. The molecular weight excluding hydrogens is 445 g/mol. The molecule has 0 atom stereocenters. The van der Waals surface area contributed by atoms with Crippen LogP contribution in [0.2, 0.25) is 0 Å². The van der Waals surface area contributed by atoms with Crippen LogP contribution in [0.5, 0.6) is 5.75 Å². The Labute approximate surface area is 196 Å². The average molecular weight is 475 g/mol. The van der Waals surface area contributed by atoms with Gasteiger partial charge in [0.05, 0.1) is 5.52 Å². The minimum Gasteiger partial charge on any atom is -0.406 e. The number of nitrogens with zero attached hydrogens (tertiary/aromatic N) is 3. The fourth-order valence-electron chi connectivity index (χ4n) is 4.47. The van der Waals surface area contributed by atoms with Crippen molar-refractivity contribution in [2.75, 3.05) is 19.6 Å². The highest BCUT2D eigenvalue weighted by Gasteiger charge is 2.33. The fraction of sp³-hybridized carbons (Fsp3) is 0.440. The van der Waals surface area contributed by atoms with Crippen molar-refractivity contribution in [3.63, 3.8) is 0 Å². The predicted molar refractivity (Wildman–Crippen MR) is 123 cm³/mol. The number of rotatable bonds is 8. The summed E-state index contributed by atoms with van der Waals surface area (Å²) in [6.45, 7) is 5.46. The van der Waals surface area contributed by atoms with Gasteiger partial charge in [0.2, 0.25) is 0 Å². The van der Waals surface area contributed by atoms with Gasteiger partial charge in [-0.3, -0.25) is 9.89 Å². The van der Waals surface area contributed by atoms with Crippen LogP contribution in [0.3, 0.4) is 0 Å². The Morgan fingerprint density at radius 2 is 1.91 bits per heavy atom. The molecule has 1 N–H and O–H groups in total. The summed E-state index contributed by atoms with van der Waals surface area (Å²) in [5, 5.41) is 7.26. The molecule has 0 unspecified atom stereocenters. The van der Waals surface area contributed by atoms with Crippen LogP contribution < -0.4 is 4.74 Å². The van der Waals surface area contributed by atoms with Gasteiger partial charge in [0.25, 0.3) is 5.91 Å². The van der Waals surface area contributed by atoms with Crippen LogP contribution in [0, 0.1) is 0 Å². The molecule has 4 rings (SSSR count). The zero-order chi connectivity index (χ0) is 24.1. The molecule has 2 aromatic carbocycles. The Morgan fingerprint density at radius 3 is 2.59 bits per heavy atom. The number of likely N-dealkylation sites (tertiary alicyclic amines) is 1. The topological polar surface area (TPSA) is 61.5 Å². The zero-order valence-electron chi connectivity index (χ0n) is 19.1. The number of alkyl halides is 3. The molecule has 1 amide bonds. The van der Waals surface area contributed by atoms with E-state index in [9.17, 15) is 18.0 Å². The summed E-state index contributed by atoms with van der Waals surface area (Å²) in [6, 6.07) is 13.6. The lowest BCUT2D eigenvalue weighted by Gasteiger charge is -2.38. The third-order valence-electron chi connectivity index (χ3n) is 6.25. The van der Waals surface area contributed by atoms with E-state index in [1.807, 2.05) is 35.2 Å². The number of amides is 1. The number of unbranched alkanes of at least 4 members (excludes halogenated alkanes) is 1. The van der Waals surface area contributed by atoms with Crippen LogP contribution in [-0.2, 0) is 6.54 Å². The van der Waals surface area contributed by atoms with Gasteiger partial charge in [-0.15, -0.1) is 13.2 Å². The standard InChI is InChI=1S/C25H29F3N4O2/c1-2-3-13-31-14-11-19(12-15-31)32(17-18-7-5-4-6-8-18)24(33)23-21-16-20(34-25(26,27)28)9-10-22(21)29-30-23/h4-10,16,19H,2-3,11-15,17H2,1H3,(H,29,30). The Hall–Kier alpha value is -3.07. The van der Waals surface area contributed by atoms with Gasteiger partial charge in [-0.2, -0.15) is 5.10 Å². The lowest BCUT2D eigenvalue weighted by Crippen LogP contribution is -2.47. The van der Waals surface area contributed by atoms with E-state index in [4.69, 9.17) is 0 Å². The molecule has 0 saturated carbocycles. The van der Waals surface area contributed by atoms with Crippen molar-refractivity contribution >= 4 is 16.8 Å². The number of ether oxygens (including phenoxy) is 1. The van der Waals surface area contributed by atoms with Gasteiger partial charge in [-0.1, -0.05) is 43.7 Å². The smallest absolute Gasteiger partial charge is 0.406 e. The first-order valence-corrected chi connectivity index (χ1v) is 11.6. The van der Waals surface area contributed by atoms with E-state index in [2.05, 4.69) is 26.8 Å². The molecule has 1 aliphatic rings. The molecule has 2 heterocycles. The highest BCUT2D eigenvalue weighted by atomic mass is 19.4. The zero-order valence-corrected chi connectivity index (χ0v) is 19.1. The van der Waals surface area contributed by atoms with Crippen LogP contribution in [0.4, 0.5) is 13.2 Å². The second-order valence-electron chi connectivity index (χ2n) is 8.67. The van der Waals surface area contributed by atoms with Crippen LogP contribution in [0.25, 0.3) is 10.9 Å². The SMILES string of the molecule is CCCCN1CCC(N(Cc2ccccc2)C(=O)c2n[nH]c3ccc(OC(F)(F)F)cc23)CC1. The van der Waals surface area contributed by atoms with Crippen LogP contribution >= 0.6 is 0 Å². The molecule has 0 aliphatic carbocycles. The van der Waals surface area contributed by atoms with Gasteiger partial charge in [0, 0.05) is 31.1 Å². The van der Waals surface area contributed by atoms with Crippen LogP contribution in [0.15, 0.2) is 48.5 Å². The number of aromatic amines is 1. The maximum Gasteiger partial charge on any atom is 0.573 e. The van der Waals surface area contributed by atoms with Crippen molar-refractivity contribution in [1.29, 1.82) is 0 Å². The predicted octanol–water partition coefficient (Wildman–Crippen LogP) is 5.37. The first kappa shape index (κ1) is 24.1. The van der Waals surface area contributed by atoms with Crippen molar-refractivity contribution in [2.24, 2.45) is 0 Å². The summed E-state index contributed by atoms with van der Waals surface area (Å²) in [5.74, 6) is -0.680. The van der Waals surface area contributed by atoms with Crippen molar-refractivity contribution in [3.8, 4) is 5.75 Å². The molecule has 0 bridgehead atoms. The molecule has 1 saturated heterocycles. The molecule has 1 aliphatic heterocycles. The van der Waals surface area contributed by atoms with E-state index < -0.39 is 6.36 Å². The van der Waals surface area contributed by atoms with E-state index in [-0.39, 0.29) is 23.4 Å². The summed E-state index contributed by atoms with van der Waals surface area (Å²) < 4.78 is 42.2. The van der Waals surface area contributed by atoms with Gasteiger partial charge in [0.1, 0.15) is 5.75 Å². The third-order valence-corrected chi connectivity index (χ3v) is 6.25. The molecule has 6 nitrogen and oxygen atoms in total. The fourth-order valence-corrected chi connectivity index (χ4v) is 4.47. The highest BCUT2D eigenvalue weighted by Crippen LogP contribution is 2.29. The van der Waals surface area contributed by atoms with E-state index in [1.54, 1.807) is 0 Å². The molecule has 1 aromatic heterocycles. The van der Waals surface area contributed by atoms with E-state index >= 15 is 0 Å². The number of carbonyl (C=O) groups excluding carboxylic acids is 1. The Morgan fingerprint density at radius 1 is 1.18 bits per heavy atom. The molecule has 3 aromatic rings. The monoisotopic (exact) mass is 474 g/mol. The van der Waals surface area contributed by atoms with Crippen molar-refractivity contribution in [1.82, 2.24) is 20.0 Å². The summed E-state index contributed by atoms with van der Waals surface area (Å²) in [4.78, 5) is 18.0. The average Bonchev–Trinajstić information content (AvgIpc) is 3.24. The van der Waals surface area contributed by atoms with E-state index in [1.165, 1.54) is 18.2 Å². The Bertz CT molecular complexity index is 1090. The number of aromatic nitrogens is 2. The van der Waals surface area contributed by atoms with Gasteiger partial charge in [-0.05, 0) is 49.6 Å². The highest BCUT2D eigenvalue weighted by molar-refractivity contribution is 6.05. The summed E-state index contributed by atoms with van der Waals surface area (Å²) in [7, 11) is 0. The first-order valence-electron chi connectivity index (χ1n) is 11.6. The number of nitrogens with one attached hydrogen (secondary N) is 1. The number of fused-ring (bicyclic) bond motifs is 1. The quantitative estimate of drug-likeness (QED) is 0.477. The van der Waals surface area contributed by atoms with Crippen molar-refractivity contribution < 1.29 is 22.7 Å². The minimum atomic E-state index is -4.81. The van der Waals surface area contributed by atoms with Crippen LogP contribution in [-0.4, -0.2) is 57.9 Å². The molecule has 0 spiro atoms. The van der Waals surface area contributed by atoms with Crippen LogP contribution in [0.1, 0.15) is 48.7 Å². The van der Waals surface area contributed by atoms with Gasteiger partial charge in [0.15, 0.2) is 5.69 Å². The maximum atomic E-state index is 13.7. The second-order valence-corrected chi connectivity index (χ2v) is 8.67. The number of halogens is 3. The molecule has 34 heavy (non-hydrogen) atoms. The van der Waals surface area contributed by atoms with Crippen molar-refractivity contribution in [3.05, 3.63) is 59.8 Å². The summed E-state index contributed by atoms with van der Waals surface area (Å²) in [5.41, 5.74) is 1.57. The van der Waals surface area contributed by atoms with Gasteiger partial charge >= 0.3 is 6.36 Å². The minimum absolute atomic E-state index is 0.0203. The molecule has 182 valence electrons. The molecule has 0 radical (unpaired) electrons. The number of piperidine rings is 1. The van der Waals surface area contributed by atoms with E-state index in [0.717, 1.165) is 50.9 Å². The maximum absolute atomic E-state index is 13.7. The van der Waals surface area contributed by atoms with Crippen molar-refractivity contribution in [2.45, 2.75) is 51.6 Å². The molecule has 9 heteroatoms. The van der Waals surface area contributed by atoms with Gasteiger partial charge in [-0.25, -0.2) is 0 Å². The number of benzene rings is 2. The lowest BCUT2D eigenvalue weighted by molar-refractivity contribution is -0.274.